The zero-order valence-corrected chi connectivity index (χ0v) is 9.92. The fourth-order valence-corrected chi connectivity index (χ4v) is 2.45. The molecule has 1 amide bonds. The Labute approximate surface area is 92.7 Å². The predicted molar refractivity (Wildman–Crippen MR) is 57.4 cm³/mol. The molecule has 0 spiro atoms. The van der Waals surface area contributed by atoms with E-state index in [1.165, 1.54) is 0 Å². The highest BCUT2D eigenvalue weighted by molar-refractivity contribution is 9.09. The maximum absolute atomic E-state index is 11.7. The van der Waals surface area contributed by atoms with Gasteiger partial charge < -0.3 is 10.1 Å². The number of fused-ring (bicyclic) bond motifs is 2. The second-order valence-corrected chi connectivity index (χ2v) is 5.81. The van der Waals surface area contributed by atoms with Crippen molar-refractivity contribution in [1.29, 1.82) is 0 Å². The maximum atomic E-state index is 11.7. The Morgan fingerprint density at radius 2 is 2.43 bits per heavy atom. The molecular formula is C10H16BrNO2. The predicted octanol–water partition coefficient (Wildman–Crippen LogP) is 1.45. The number of alkyl halides is 1. The average molecular weight is 262 g/mol. The molecule has 4 heteroatoms. The maximum Gasteiger partial charge on any atom is 0.225 e. The molecule has 2 fully saturated rings. The lowest BCUT2D eigenvalue weighted by Crippen LogP contribution is -2.38. The molecule has 4 unspecified atom stereocenters. The number of halogens is 1. The number of amides is 1. The minimum atomic E-state index is 0.111. The van der Waals surface area contributed by atoms with Crippen molar-refractivity contribution in [2.45, 2.75) is 43.2 Å². The van der Waals surface area contributed by atoms with E-state index in [0.717, 1.165) is 19.3 Å². The first-order valence-corrected chi connectivity index (χ1v) is 6.15. The Hall–Kier alpha value is -0.0900. The van der Waals surface area contributed by atoms with Gasteiger partial charge in [0.25, 0.3) is 0 Å². The van der Waals surface area contributed by atoms with Gasteiger partial charge in [-0.05, 0) is 19.3 Å². The monoisotopic (exact) mass is 261 g/mol. The first-order valence-electron chi connectivity index (χ1n) is 5.24. The van der Waals surface area contributed by atoms with Gasteiger partial charge in [0.1, 0.15) is 0 Å². The van der Waals surface area contributed by atoms with Gasteiger partial charge in [-0.25, -0.2) is 0 Å². The lowest BCUT2D eigenvalue weighted by atomic mass is 9.88. The number of hydrogen-bond acceptors (Lipinski definition) is 2. The van der Waals surface area contributed by atoms with Gasteiger partial charge in [-0.2, -0.15) is 0 Å². The largest absolute Gasteiger partial charge is 0.374 e. The second kappa shape index (κ2) is 4.19. The summed E-state index contributed by atoms with van der Waals surface area (Å²) < 4.78 is 5.64. The van der Waals surface area contributed by atoms with E-state index in [1.54, 1.807) is 0 Å². The van der Waals surface area contributed by atoms with Crippen LogP contribution in [0.15, 0.2) is 0 Å². The van der Waals surface area contributed by atoms with Crippen LogP contribution in [0.5, 0.6) is 0 Å². The van der Waals surface area contributed by atoms with Gasteiger partial charge in [-0.15, -0.1) is 0 Å². The lowest BCUT2D eigenvalue weighted by molar-refractivity contribution is -0.126. The quantitative estimate of drug-likeness (QED) is 0.782. The summed E-state index contributed by atoms with van der Waals surface area (Å²) in [5.74, 6) is 0.281. The summed E-state index contributed by atoms with van der Waals surface area (Å²) in [5.41, 5.74) is 0. The van der Waals surface area contributed by atoms with Gasteiger partial charge in [-0.3, -0.25) is 4.79 Å². The standard InChI is InChI=1S/C10H16BrNO2/c1-6(11)5-12-10(13)8-4-7-2-3-9(8)14-7/h6-9H,2-5H2,1H3,(H,12,13). The van der Waals surface area contributed by atoms with Crippen molar-refractivity contribution < 1.29 is 9.53 Å². The van der Waals surface area contributed by atoms with Crippen LogP contribution in [0, 0.1) is 5.92 Å². The molecular weight excluding hydrogens is 246 g/mol. The summed E-state index contributed by atoms with van der Waals surface area (Å²) >= 11 is 3.41. The van der Waals surface area contributed by atoms with Gasteiger partial charge in [0, 0.05) is 11.4 Å². The molecule has 2 aliphatic rings. The van der Waals surface area contributed by atoms with Crippen molar-refractivity contribution in [3.05, 3.63) is 0 Å². The Kier molecular flexibility index (Phi) is 3.12. The van der Waals surface area contributed by atoms with E-state index in [0.29, 0.717) is 17.5 Å². The number of carbonyl (C=O) groups is 1. The molecule has 1 N–H and O–H groups in total. The number of rotatable bonds is 3. The molecule has 0 saturated carbocycles. The lowest BCUT2D eigenvalue weighted by Gasteiger charge is -2.18. The third-order valence-electron chi connectivity index (χ3n) is 3.00. The minimum absolute atomic E-state index is 0.111. The molecule has 0 aromatic carbocycles. The highest BCUT2D eigenvalue weighted by atomic mass is 79.9. The molecule has 14 heavy (non-hydrogen) atoms. The van der Waals surface area contributed by atoms with E-state index in [9.17, 15) is 4.79 Å². The average Bonchev–Trinajstić information content (AvgIpc) is 2.74. The highest BCUT2D eigenvalue weighted by Gasteiger charge is 2.44. The van der Waals surface area contributed by atoms with E-state index in [4.69, 9.17) is 4.74 Å². The summed E-state index contributed by atoms with van der Waals surface area (Å²) in [6.45, 7) is 2.73. The van der Waals surface area contributed by atoms with Crippen LogP contribution in [0.3, 0.4) is 0 Å². The molecule has 2 saturated heterocycles. The van der Waals surface area contributed by atoms with Crippen molar-refractivity contribution in [3.63, 3.8) is 0 Å². The Balaban J connectivity index is 1.81. The van der Waals surface area contributed by atoms with Crippen LogP contribution < -0.4 is 5.32 Å². The van der Waals surface area contributed by atoms with Crippen LogP contribution in [0.1, 0.15) is 26.2 Å². The molecule has 2 rings (SSSR count). The third-order valence-corrected chi connectivity index (χ3v) is 3.32. The number of ether oxygens (including phenoxy) is 1. The Morgan fingerprint density at radius 3 is 2.93 bits per heavy atom. The second-order valence-electron chi connectivity index (χ2n) is 4.24. The Morgan fingerprint density at radius 1 is 1.64 bits per heavy atom. The van der Waals surface area contributed by atoms with Crippen molar-refractivity contribution in [2.24, 2.45) is 5.92 Å². The fraction of sp³-hybridized carbons (Fsp3) is 0.900. The highest BCUT2D eigenvalue weighted by Crippen LogP contribution is 2.38. The molecule has 3 nitrogen and oxygen atoms in total. The van der Waals surface area contributed by atoms with Crippen LogP contribution in [0.25, 0.3) is 0 Å². The van der Waals surface area contributed by atoms with Crippen molar-refractivity contribution in [3.8, 4) is 0 Å². The summed E-state index contributed by atoms with van der Waals surface area (Å²) in [7, 11) is 0. The van der Waals surface area contributed by atoms with Crippen LogP contribution in [0.4, 0.5) is 0 Å². The molecule has 80 valence electrons. The van der Waals surface area contributed by atoms with Gasteiger partial charge in [-0.1, -0.05) is 22.9 Å². The number of carbonyl (C=O) groups excluding carboxylic acids is 1. The van der Waals surface area contributed by atoms with E-state index in [2.05, 4.69) is 21.2 Å². The molecule has 2 aliphatic heterocycles. The van der Waals surface area contributed by atoms with Gasteiger partial charge >= 0.3 is 0 Å². The van der Waals surface area contributed by atoms with E-state index in [1.807, 2.05) is 6.92 Å². The van der Waals surface area contributed by atoms with E-state index < -0.39 is 0 Å². The molecule has 2 bridgehead atoms. The number of hydrogen-bond donors (Lipinski definition) is 1. The van der Waals surface area contributed by atoms with Crippen molar-refractivity contribution in [2.75, 3.05) is 6.54 Å². The van der Waals surface area contributed by atoms with Gasteiger partial charge in [0.15, 0.2) is 0 Å². The van der Waals surface area contributed by atoms with Crippen LogP contribution in [-0.4, -0.2) is 29.5 Å². The summed E-state index contributed by atoms with van der Waals surface area (Å²) in [6.07, 6.45) is 3.69. The summed E-state index contributed by atoms with van der Waals surface area (Å²) in [5, 5.41) is 2.94. The van der Waals surface area contributed by atoms with E-state index >= 15 is 0 Å². The smallest absolute Gasteiger partial charge is 0.225 e. The first-order chi connectivity index (χ1) is 6.66. The normalized spacial score (nSPS) is 37.1. The van der Waals surface area contributed by atoms with Gasteiger partial charge in [0.05, 0.1) is 18.1 Å². The SMILES string of the molecule is CC(Br)CNC(=O)C1CC2CCC1O2. The zero-order chi connectivity index (χ0) is 10.1. The van der Waals surface area contributed by atoms with E-state index in [-0.39, 0.29) is 17.9 Å². The van der Waals surface area contributed by atoms with Crippen LogP contribution >= 0.6 is 15.9 Å². The summed E-state index contributed by atoms with van der Waals surface area (Å²) in [6, 6.07) is 0. The first kappa shape index (κ1) is 10.4. The van der Waals surface area contributed by atoms with Crippen molar-refractivity contribution >= 4 is 21.8 Å². The Bertz CT molecular complexity index is 232. The number of nitrogens with one attached hydrogen (secondary N) is 1. The molecule has 2 heterocycles. The van der Waals surface area contributed by atoms with Crippen molar-refractivity contribution in [1.82, 2.24) is 5.32 Å². The molecule has 4 atom stereocenters. The molecule has 0 aliphatic carbocycles. The summed E-state index contributed by atoms with van der Waals surface area (Å²) in [4.78, 5) is 12.1. The van der Waals surface area contributed by atoms with Crippen LogP contribution in [0.2, 0.25) is 0 Å². The molecule has 0 aromatic rings. The molecule has 0 aromatic heterocycles. The third kappa shape index (κ3) is 2.11. The van der Waals surface area contributed by atoms with Crippen LogP contribution in [-0.2, 0) is 9.53 Å². The molecule has 0 radical (unpaired) electrons. The van der Waals surface area contributed by atoms with Gasteiger partial charge in [0.2, 0.25) is 5.91 Å². The zero-order valence-electron chi connectivity index (χ0n) is 8.33. The minimum Gasteiger partial charge on any atom is -0.374 e. The topological polar surface area (TPSA) is 38.3 Å². The fourth-order valence-electron chi connectivity index (χ4n) is 2.29.